The summed E-state index contributed by atoms with van der Waals surface area (Å²) in [6.07, 6.45) is 0. The average Bonchev–Trinajstić information content (AvgIpc) is 2.61. The highest BCUT2D eigenvalue weighted by Crippen LogP contribution is 2.05. The quantitative estimate of drug-likeness (QED) is 0.734. The van der Waals surface area contributed by atoms with Gasteiger partial charge in [0.15, 0.2) is 11.6 Å². The number of nitrogens with zero attached hydrogens (tertiary/aromatic N) is 3. The highest BCUT2D eigenvalue weighted by atomic mass is 16.1. The van der Waals surface area contributed by atoms with Crippen LogP contribution in [0, 0.1) is 6.92 Å². The van der Waals surface area contributed by atoms with Gasteiger partial charge in [0.05, 0.1) is 6.54 Å². The van der Waals surface area contributed by atoms with E-state index in [1.807, 2.05) is 30.3 Å². The molecule has 0 aliphatic heterocycles. The minimum atomic E-state index is -0.0588. The summed E-state index contributed by atoms with van der Waals surface area (Å²) in [6.45, 7) is 3.87. The minimum Gasteiger partial charge on any atom is -0.291 e. The lowest BCUT2D eigenvalue weighted by atomic mass is 10.2. The van der Waals surface area contributed by atoms with Crippen molar-refractivity contribution in [2.75, 3.05) is 0 Å². The largest absolute Gasteiger partial charge is 0.291 e. The van der Waals surface area contributed by atoms with Gasteiger partial charge in [0.2, 0.25) is 0 Å². The molecule has 1 heterocycles. The molecule has 4 heteroatoms. The molecule has 0 spiro atoms. The number of ketones is 1. The third-order valence-electron chi connectivity index (χ3n) is 2.27. The number of aryl methyl sites for hydroxylation is 1. The second kappa shape index (κ2) is 4.26. The van der Waals surface area contributed by atoms with Gasteiger partial charge in [-0.2, -0.15) is 5.10 Å². The van der Waals surface area contributed by atoms with E-state index in [1.165, 1.54) is 6.92 Å². The van der Waals surface area contributed by atoms with Crippen molar-refractivity contribution in [3.63, 3.8) is 0 Å². The smallest absolute Gasteiger partial charge is 0.196 e. The molecule has 0 bridgehead atoms. The Bertz CT molecular complexity index is 502. The summed E-state index contributed by atoms with van der Waals surface area (Å²) in [5, 5.41) is 4.21. The molecule has 0 unspecified atom stereocenters. The van der Waals surface area contributed by atoms with Crippen LogP contribution in [0.3, 0.4) is 0 Å². The second-order valence-electron chi connectivity index (χ2n) is 3.68. The predicted molar refractivity (Wildman–Crippen MR) is 60.3 cm³/mol. The van der Waals surface area contributed by atoms with E-state index in [9.17, 15) is 4.79 Å². The molecule has 2 rings (SSSR count). The van der Waals surface area contributed by atoms with Crippen molar-refractivity contribution < 1.29 is 4.79 Å². The van der Waals surface area contributed by atoms with Gasteiger partial charge in [-0.15, -0.1) is 0 Å². The van der Waals surface area contributed by atoms with Crippen LogP contribution in [-0.4, -0.2) is 20.5 Å². The van der Waals surface area contributed by atoms with Gasteiger partial charge in [-0.1, -0.05) is 30.3 Å². The van der Waals surface area contributed by atoms with E-state index in [0.29, 0.717) is 18.2 Å². The highest BCUT2D eigenvalue weighted by Gasteiger charge is 2.11. The van der Waals surface area contributed by atoms with Crippen LogP contribution in [0.1, 0.15) is 28.9 Å². The Hall–Kier alpha value is -1.97. The Kier molecular flexibility index (Phi) is 2.81. The van der Waals surface area contributed by atoms with E-state index in [1.54, 1.807) is 11.6 Å². The van der Waals surface area contributed by atoms with Crippen molar-refractivity contribution in [1.29, 1.82) is 0 Å². The van der Waals surface area contributed by atoms with Crippen LogP contribution in [-0.2, 0) is 6.54 Å². The highest BCUT2D eigenvalue weighted by molar-refractivity contribution is 5.90. The van der Waals surface area contributed by atoms with Crippen LogP contribution in [0.2, 0.25) is 0 Å². The third-order valence-corrected chi connectivity index (χ3v) is 2.27. The molecule has 0 fully saturated rings. The average molecular weight is 215 g/mol. The molecule has 0 amide bonds. The van der Waals surface area contributed by atoms with Gasteiger partial charge < -0.3 is 0 Å². The van der Waals surface area contributed by atoms with Gasteiger partial charge in [0, 0.05) is 6.92 Å². The minimum absolute atomic E-state index is 0.0588. The SMILES string of the molecule is CC(=O)c1nc(C)nn1Cc1ccccc1. The van der Waals surface area contributed by atoms with Crippen LogP contribution in [0.5, 0.6) is 0 Å². The van der Waals surface area contributed by atoms with Crippen LogP contribution >= 0.6 is 0 Å². The molecule has 0 aliphatic rings. The number of carbonyl (C=O) groups is 1. The normalized spacial score (nSPS) is 10.4. The van der Waals surface area contributed by atoms with E-state index in [2.05, 4.69) is 10.1 Å². The zero-order chi connectivity index (χ0) is 11.5. The Morgan fingerprint density at radius 3 is 2.62 bits per heavy atom. The lowest BCUT2D eigenvalue weighted by Crippen LogP contribution is -2.10. The van der Waals surface area contributed by atoms with Crippen molar-refractivity contribution in [3.05, 3.63) is 47.5 Å². The fraction of sp³-hybridized carbons (Fsp3) is 0.250. The second-order valence-corrected chi connectivity index (χ2v) is 3.68. The van der Waals surface area contributed by atoms with Gasteiger partial charge in [0.25, 0.3) is 0 Å². The Morgan fingerprint density at radius 1 is 1.31 bits per heavy atom. The van der Waals surface area contributed by atoms with Gasteiger partial charge in [-0.05, 0) is 12.5 Å². The number of carbonyl (C=O) groups excluding carboxylic acids is 1. The maximum absolute atomic E-state index is 11.3. The summed E-state index contributed by atoms with van der Waals surface area (Å²) in [5.41, 5.74) is 1.11. The first-order chi connectivity index (χ1) is 7.66. The standard InChI is InChI=1S/C12H13N3O/c1-9(16)12-13-10(2)14-15(12)8-11-6-4-3-5-7-11/h3-7H,8H2,1-2H3. The van der Waals surface area contributed by atoms with Crippen LogP contribution in [0.4, 0.5) is 0 Å². The fourth-order valence-corrected chi connectivity index (χ4v) is 1.58. The molecule has 1 aromatic carbocycles. The molecule has 1 aromatic heterocycles. The van der Waals surface area contributed by atoms with E-state index >= 15 is 0 Å². The van der Waals surface area contributed by atoms with E-state index in [-0.39, 0.29) is 5.78 Å². The first-order valence-electron chi connectivity index (χ1n) is 5.13. The molecule has 4 nitrogen and oxygen atoms in total. The van der Waals surface area contributed by atoms with Crippen LogP contribution < -0.4 is 0 Å². The number of benzene rings is 1. The Balaban J connectivity index is 2.31. The predicted octanol–water partition coefficient (Wildman–Crippen LogP) is 1.84. The summed E-state index contributed by atoms with van der Waals surface area (Å²) in [7, 11) is 0. The molecule has 0 N–H and O–H groups in total. The Labute approximate surface area is 93.9 Å². The first kappa shape index (κ1) is 10.5. The lowest BCUT2D eigenvalue weighted by molar-refractivity contribution is 0.0998. The molecular formula is C12H13N3O. The van der Waals surface area contributed by atoms with Gasteiger partial charge >= 0.3 is 0 Å². The topological polar surface area (TPSA) is 47.8 Å². The third kappa shape index (κ3) is 2.16. The van der Waals surface area contributed by atoms with E-state index < -0.39 is 0 Å². The molecule has 82 valence electrons. The number of aromatic nitrogens is 3. The fourth-order valence-electron chi connectivity index (χ4n) is 1.58. The molecule has 2 aromatic rings. The first-order valence-corrected chi connectivity index (χ1v) is 5.13. The summed E-state index contributed by atoms with van der Waals surface area (Å²) >= 11 is 0. The molecular weight excluding hydrogens is 202 g/mol. The number of Topliss-reactive ketones (excluding diaryl/α,β-unsaturated/α-hetero) is 1. The van der Waals surface area contributed by atoms with Gasteiger partial charge in [-0.25, -0.2) is 9.67 Å². The van der Waals surface area contributed by atoms with E-state index in [4.69, 9.17) is 0 Å². The summed E-state index contributed by atoms with van der Waals surface area (Å²) < 4.78 is 1.65. The number of hydrogen-bond acceptors (Lipinski definition) is 3. The lowest BCUT2D eigenvalue weighted by Gasteiger charge is -2.03. The molecule has 16 heavy (non-hydrogen) atoms. The summed E-state index contributed by atoms with van der Waals surface area (Å²) in [6, 6.07) is 9.89. The maximum atomic E-state index is 11.3. The maximum Gasteiger partial charge on any atom is 0.196 e. The van der Waals surface area contributed by atoms with Crippen molar-refractivity contribution >= 4 is 5.78 Å². The molecule has 0 atom stereocenters. The number of hydrogen-bond donors (Lipinski definition) is 0. The molecule has 0 saturated heterocycles. The molecule has 0 radical (unpaired) electrons. The summed E-state index contributed by atoms with van der Waals surface area (Å²) in [4.78, 5) is 15.5. The van der Waals surface area contributed by atoms with Crippen molar-refractivity contribution in [2.45, 2.75) is 20.4 Å². The van der Waals surface area contributed by atoms with Crippen molar-refractivity contribution in [1.82, 2.24) is 14.8 Å². The number of rotatable bonds is 3. The van der Waals surface area contributed by atoms with Gasteiger partial charge in [-0.3, -0.25) is 4.79 Å². The van der Waals surface area contributed by atoms with Gasteiger partial charge in [0.1, 0.15) is 5.82 Å². The van der Waals surface area contributed by atoms with E-state index in [0.717, 1.165) is 5.56 Å². The van der Waals surface area contributed by atoms with Crippen molar-refractivity contribution in [3.8, 4) is 0 Å². The zero-order valence-corrected chi connectivity index (χ0v) is 9.34. The van der Waals surface area contributed by atoms with Crippen molar-refractivity contribution in [2.24, 2.45) is 0 Å². The summed E-state index contributed by atoms with van der Waals surface area (Å²) in [5.74, 6) is 0.985. The molecule has 0 aliphatic carbocycles. The van der Waals surface area contributed by atoms with Crippen LogP contribution in [0.25, 0.3) is 0 Å². The zero-order valence-electron chi connectivity index (χ0n) is 9.34. The molecule has 0 saturated carbocycles. The van der Waals surface area contributed by atoms with Crippen LogP contribution in [0.15, 0.2) is 30.3 Å². The Morgan fingerprint density at radius 2 is 2.00 bits per heavy atom. The monoisotopic (exact) mass is 215 g/mol.